The Kier molecular flexibility index (Phi) is 4.76. The van der Waals surface area contributed by atoms with Crippen LogP contribution in [0.25, 0.3) is 0 Å². The third kappa shape index (κ3) is 3.26. The molecule has 3 atom stereocenters. The Hall–Kier alpha value is -1.85. The number of hydrogen-bond acceptors (Lipinski definition) is 3. The van der Waals surface area contributed by atoms with E-state index in [2.05, 4.69) is 28.7 Å². The number of nitrogens with zero attached hydrogens (tertiary/aromatic N) is 3. The van der Waals surface area contributed by atoms with E-state index in [1.807, 2.05) is 17.0 Å². The predicted octanol–water partition coefficient (Wildman–Crippen LogP) is 3.46. The van der Waals surface area contributed by atoms with Gasteiger partial charge in [0, 0.05) is 30.2 Å². The second kappa shape index (κ2) is 7.05. The summed E-state index contributed by atoms with van der Waals surface area (Å²) in [5.74, 6) is 2.11. The van der Waals surface area contributed by atoms with Crippen molar-refractivity contribution in [1.29, 1.82) is 0 Å². The molecule has 2 fully saturated rings. The summed E-state index contributed by atoms with van der Waals surface area (Å²) in [4.78, 5) is 25.0. The lowest BCUT2D eigenvalue weighted by atomic mass is 10.1. The summed E-state index contributed by atoms with van der Waals surface area (Å²) in [6.07, 6.45) is 3.47. The van der Waals surface area contributed by atoms with Gasteiger partial charge in [-0.2, -0.15) is 0 Å². The number of benzene rings is 1. The van der Waals surface area contributed by atoms with Gasteiger partial charge in [-0.15, -0.1) is 0 Å². The molecule has 2 aliphatic rings. The number of rotatable bonds is 6. The van der Waals surface area contributed by atoms with Crippen LogP contribution in [-0.4, -0.2) is 51.9 Å². The molecule has 26 heavy (non-hydrogen) atoms. The summed E-state index contributed by atoms with van der Waals surface area (Å²) in [7, 11) is 0. The van der Waals surface area contributed by atoms with E-state index in [1.165, 1.54) is 13.1 Å². The van der Waals surface area contributed by atoms with Crippen LogP contribution < -0.4 is 0 Å². The lowest BCUT2D eigenvalue weighted by Crippen LogP contribution is -2.37. The molecule has 1 aliphatic carbocycles. The number of hydrogen-bond donors (Lipinski definition) is 1. The second-order valence-electron chi connectivity index (χ2n) is 7.49. The smallest absolute Gasteiger partial charge is 0.254 e. The van der Waals surface area contributed by atoms with Crippen LogP contribution in [0, 0.1) is 17.8 Å². The van der Waals surface area contributed by atoms with Crippen molar-refractivity contribution in [3.63, 3.8) is 0 Å². The van der Waals surface area contributed by atoms with E-state index < -0.39 is 0 Å². The normalized spacial score (nSPS) is 25.7. The molecule has 3 unspecified atom stereocenters. The van der Waals surface area contributed by atoms with Crippen molar-refractivity contribution >= 4 is 17.5 Å². The molecule has 1 aromatic carbocycles. The van der Waals surface area contributed by atoms with Gasteiger partial charge in [0.2, 0.25) is 0 Å². The average molecular weight is 373 g/mol. The lowest BCUT2D eigenvalue weighted by Gasteiger charge is -2.30. The summed E-state index contributed by atoms with van der Waals surface area (Å²) in [5.41, 5.74) is 1.60. The van der Waals surface area contributed by atoms with Gasteiger partial charge in [-0.05, 0) is 49.4 Å². The minimum absolute atomic E-state index is 0.0342. The van der Waals surface area contributed by atoms with E-state index in [4.69, 9.17) is 11.6 Å². The molecule has 1 aliphatic heterocycles. The number of aromatic amines is 1. The van der Waals surface area contributed by atoms with Gasteiger partial charge >= 0.3 is 0 Å². The van der Waals surface area contributed by atoms with Gasteiger partial charge in [0.15, 0.2) is 0 Å². The number of H-pyrrole nitrogens is 1. The molecule has 1 saturated heterocycles. The second-order valence-corrected chi connectivity index (χ2v) is 7.93. The van der Waals surface area contributed by atoms with E-state index in [-0.39, 0.29) is 11.9 Å². The zero-order valence-electron chi connectivity index (χ0n) is 15.2. The SMILES string of the molecule is CCN1CC2C(C1)C2CN(C(=O)c1cccc(Cl)c1)C(C)c1cnc[nH]1. The quantitative estimate of drug-likeness (QED) is 0.844. The van der Waals surface area contributed by atoms with Crippen LogP contribution in [0.15, 0.2) is 36.8 Å². The van der Waals surface area contributed by atoms with Gasteiger partial charge in [0.25, 0.3) is 5.91 Å². The van der Waals surface area contributed by atoms with Crippen LogP contribution in [0.1, 0.15) is 35.9 Å². The Morgan fingerprint density at radius 1 is 1.42 bits per heavy atom. The van der Waals surface area contributed by atoms with Crippen LogP contribution in [-0.2, 0) is 0 Å². The van der Waals surface area contributed by atoms with E-state index in [0.717, 1.165) is 30.6 Å². The highest BCUT2D eigenvalue weighted by Crippen LogP contribution is 2.52. The third-order valence-corrected chi connectivity index (χ3v) is 6.31. The highest BCUT2D eigenvalue weighted by atomic mass is 35.5. The Morgan fingerprint density at radius 2 is 2.19 bits per heavy atom. The fraction of sp³-hybridized carbons (Fsp3) is 0.500. The van der Waals surface area contributed by atoms with Crippen molar-refractivity contribution in [3.8, 4) is 0 Å². The van der Waals surface area contributed by atoms with Crippen molar-refractivity contribution < 1.29 is 4.79 Å². The van der Waals surface area contributed by atoms with Crippen molar-refractivity contribution in [2.75, 3.05) is 26.2 Å². The number of amides is 1. The van der Waals surface area contributed by atoms with Crippen molar-refractivity contribution in [2.24, 2.45) is 17.8 Å². The van der Waals surface area contributed by atoms with Crippen LogP contribution in [0.4, 0.5) is 0 Å². The van der Waals surface area contributed by atoms with Gasteiger partial charge in [0.05, 0.1) is 24.3 Å². The highest BCUT2D eigenvalue weighted by molar-refractivity contribution is 6.30. The first-order valence-corrected chi connectivity index (χ1v) is 9.73. The Morgan fingerprint density at radius 3 is 2.81 bits per heavy atom. The molecule has 1 aromatic heterocycles. The topological polar surface area (TPSA) is 52.2 Å². The zero-order valence-corrected chi connectivity index (χ0v) is 16.0. The maximum atomic E-state index is 13.3. The number of likely N-dealkylation sites (tertiary alicyclic amines) is 1. The lowest BCUT2D eigenvalue weighted by molar-refractivity contribution is 0.0664. The van der Waals surface area contributed by atoms with Crippen LogP contribution in [0.3, 0.4) is 0 Å². The largest absolute Gasteiger partial charge is 0.347 e. The summed E-state index contributed by atoms with van der Waals surface area (Å²) < 4.78 is 0. The minimum Gasteiger partial charge on any atom is -0.347 e. The molecule has 5 nitrogen and oxygen atoms in total. The molecule has 138 valence electrons. The number of fused-ring (bicyclic) bond motifs is 1. The molecule has 1 N–H and O–H groups in total. The van der Waals surface area contributed by atoms with E-state index in [0.29, 0.717) is 16.5 Å². The molecule has 0 bridgehead atoms. The average Bonchev–Trinajstić information content (AvgIpc) is 3.08. The monoisotopic (exact) mass is 372 g/mol. The summed E-state index contributed by atoms with van der Waals surface area (Å²) in [6.45, 7) is 8.53. The number of carbonyl (C=O) groups excluding carboxylic acids is 1. The first-order chi connectivity index (χ1) is 12.6. The fourth-order valence-electron chi connectivity index (χ4n) is 4.36. The number of carbonyl (C=O) groups is 1. The Labute approximate surface area is 159 Å². The molecular weight excluding hydrogens is 348 g/mol. The van der Waals surface area contributed by atoms with Gasteiger partial charge in [-0.3, -0.25) is 4.79 Å². The first kappa shape index (κ1) is 17.6. The maximum Gasteiger partial charge on any atom is 0.254 e. The number of piperidine rings is 1. The number of nitrogens with one attached hydrogen (secondary N) is 1. The molecular formula is C20H25ClN4O. The van der Waals surface area contributed by atoms with Crippen molar-refractivity contribution in [2.45, 2.75) is 19.9 Å². The molecule has 4 rings (SSSR count). The Bertz CT molecular complexity index is 766. The van der Waals surface area contributed by atoms with Crippen molar-refractivity contribution in [1.82, 2.24) is 19.8 Å². The highest BCUT2D eigenvalue weighted by Gasteiger charge is 2.55. The van der Waals surface area contributed by atoms with Crippen molar-refractivity contribution in [3.05, 3.63) is 53.1 Å². The zero-order chi connectivity index (χ0) is 18.3. The Balaban J connectivity index is 1.54. The van der Waals surface area contributed by atoms with Gasteiger partial charge in [-0.1, -0.05) is 24.6 Å². The van der Waals surface area contributed by atoms with E-state index in [9.17, 15) is 4.79 Å². The molecule has 0 radical (unpaired) electrons. The number of imidazole rings is 1. The van der Waals surface area contributed by atoms with Crippen LogP contribution in [0.5, 0.6) is 0 Å². The number of halogens is 1. The standard InChI is InChI=1S/C20H25ClN4O/c1-3-24-9-16-17(10-24)18(16)11-25(13(2)19-8-22-12-23-19)20(26)14-5-4-6-15(21)7-14/h4-8,12-13,16-18H,3,9-11H2,1-2H3,(H,22,23). The van der Waals surface area contributed by atoms with Gasteiger partial charge < -0.3 is 14.8 Å². The van der Waals surface area contributed by atoms with E-state index in [1.54, 1.807) is 24.7 Å². The summed E-state index contributed by atoms with van der Waals surface area (Å²) in [6, 6.07) is 7.18. The van der Waals surface area contributed by atoms with Crippen LogP contribution >= 0.6 is 11.6 Å². The minimum atomic E-state index is -0.0485. The first-order valence-electron chi connectivity index (χ1n) is 9.35. The molecule has 1 amide bonds. The molecule has 1 saturated carbocycles. The molecule has 6 heteroatoms. The summed E-state index contributed by atoms with van der Waals surface area (Å²) in [5, 5.41) is 0.590. The summed E-state index contributed by atoms with van der Waals surface area (Å²) >= 11 is 6.11. The van der Waals surface area contributed by atoms with Gasteiger partial charge in [-0.25, -0.2) is 4.98 Å². The van der Waals surface area contributed by atoms with E-state index >= 15 is 0 Å². The predicted molar refractivity (Wildman–Crippen MR) is 102 cm³/mol. The third-order valence-electron chi connectivity index (χ3n) is 6.07. The fourth-order valence-corrected chi connectivity index (χ4v) is 4.55. The maximum absolute atomic E-state index is 13.3. The molecule has 0 spiro atoms. The molecule has 2 aromatic rings. The van der Waals surface area contributed by atoms with Crippen LogP contribution in [0.2, 0.25) is 5.02 Å². The van der Waals surface area contributed by atoms with Gasteiger partial charge in [0.1, 0.15) is 0 Å². The molecule has 2 heterocycles. The number of aromatic nitrogens is 2.